The van der Waals surface area contributed by atoms with Crippen molar-refractivity contribution < 1.29 is 61.2 Å². The molecule has 3 aliphatic heterocycles. The van der Waals surface area contributed by atoms with Crippen LogP contribution in [-0.4, -0.2) is 107 Å². The Hall–Kier alpha value is -5.36. The third-order valence-electron chi connectivity index (χ3n) is 8.37. The highest BCUT2D eigenvalue weighted by Crippen LogP contribution is 2.36. The summed E-state index contributed by atoms with van der Waals surface area (Å²) < 4.78 is 41.8. The second-order valence-corrected chi connectivity index (χ2v) is 14.3. The van der Waals surface area contributed by atoms with E-state index in [2.05, 4.69) is 35.4 Å². The lowest BCUT2D eigenvalue weighted by atomic mass is 9.84. The number of nitrogens with two attached hydrogens (primary N) is 2. The molecule has 0 aliphatic carbocycles. The van der Waals surface area contributed by atoms with Crippen molar-refractivity contribution >= 4 is 68.4 Å². The van der Waals surface area contributed by atoms with E-state index in [0.717, 1.165) is 47.0 Å². The van der Waals surface area contributed by atoms with Gasteiger partial charge in [-0.25, -0.2) is 9.78 Å². The number of amides is 2. The van der Waals surface area contributed by atoms with Gasteiger partial charge in [-0.1, -0.05) is 11.2 Å². The molecule has 23 heteroatoms. The first-order chi connectivity index (χ1) is 24.9. The number of hydroxylamine groups is 2. The van der Waals surface area contributed by atoms with Crippen LogP contribution < -0.4 is 42.3 Å². The molecule has 3 aliphatic rings. The molecule has 21 nitrogen and oxygen atoms in total. The molecule has 2 aromatic rings. The number of guanidine groups is 1. The fraction of sp³-hybridized carbons (Fsp3) is 0.433. The van der Waals surface area contributed by atoms with Crippen molar-refractivity contribution in [2.45, 2.75) is 63.3 Å². The van der Waals surface area contributed by atoms with Crippen molar-refractivity contribution in [3.05, 3.63) is 46.6 Å². The van der Waals surface area contributed by atoms with Crippen LogP contribution in [-0.2, 0) is 45.1 Å². The number of nitrogen functional groups attached to an aromatic ring is 1. The highest BCUT2D eigenvalue weighted by Gasteiger charge is 2.58. The molecule has 2 amide bonds. The Bertz CT molecular complexity index is 1930. The van der Waals surface area contributed by atoms with Crippen LogP contribution in [0.3, 0.4) is 0 Å². The van der Waals surface area contributed by atoms with E-state index in [1.807, 2.05) is 18.3 Å². The molecule has 1 aromatic heterocycles. The van der Waals surface area contributed by atoms with Crippen LogP contribution in [0.4, 0.5) is 5.13 Å². The number of ether oxygens (including phenoxy) is 1. The number of hydrogen-bond donors (Lipinski definition) is 8. The molecule has 53 heavy (non-hydrogen) atoms. The molecule has 1 saturated heterocycles. The van der Waals surface area contributed by atoms with E-state index in [-0.39, 0.29) is 17.2 Å². The molecular formula is C30H39N9O12S2. The van der Waals surface area contributed by atoms with Crippen molar-refractivity contribution in [3.63, 3.8) is 0 Å². The lowest BCUT2D eigenvalue weighted by Crippen LogP contribution is -2.80. The molecule has 4 heterocycles. The number of benzene rings is 1. The van der Waals surface area contributed by atoms with Crippen molar-refractivity contribution in [2.24, 2.45) is 10.9 Å². The molecule has 3 atom stereocenters. The van der Waals surface area contributed by atoms with Gasteiger partial charge in [-0.2, -0.15) is 13.5 Å². The van der Waals surface area contributed by atoms with Crippen LogP contribution in [0.2, 0.25) is 0 Å². The first kappa shape index (κ1) is 40.4. The van der Waals surface area contributed by atoms with Crippen LogP contribution >= 0.6 is 11.3 Å². The van der Waals surface area contributed by atoms with Crippen LogP contribution in [0.15, 0.2) is 34.9 Å². The van der Waals surface area contributed by atoms with Gasteiger partial charge < -0.3 is 41.4 Å². The summed E-state index contributed by atoms with van der Waals surface area (Å²) in [6.07, 6.45) is 2.38. The summed E-state index contributed by atoms with van der Waals surface area (Å²) in [5, 5.41) is 33.1. The topological polar surface area (TPSA) is 324 Å². The van der Waals surface area contributed by atoms with E-state index in [4.69, 9.17) is 35.5 Å². The summed E-state index contributed by atoms with van der Waals surface area (Å²) in [5.41, 5.74) is 10.0. The number of carbonyl (C=O) groups excluding carboxylic acids is 3. The van der Waals surface area contributed by atoms with Crippen LogP contribution in [0, 0.1) is 0 Å². The van der Waals surface area contributed by atoms with Gasteiger partial charge in [-0.3, -0.25) is 29.8 Å². The fourth-order valence-electron chi connectivity index (χ4n) is 5.43. The SMILES string of the molecule is CC1(C)[C@H](NC(=O)/C(=N\O[C@](C)(C(=O)O)[C@H]2CCc3cc(C4=CNC(NCCCN)=[NH+]C4)ccc3O2)c2csc(N)n2)C(=O)N1OS(=O)(=O)O.O=C[O-]. The number of thiazole rings is 1. The summed E-state index contributed by atoms with van der Waals surface area (Å²) in [6, 6.07) is 4.26. The molecular weight excluding hydrogens is 743 g/mol. The number of nitrogens with zero attached hydrogens (tertiary/aromatic N) is 3. The minimum Gasteiger partial charge on any atom is -0.554 e. The van der Waals surface area contributed by atoms with Gasteiger partial charge in [-0.15, -0.1) is 15.6 Å². The number of rotatable bonds is 13. The van der Waals surface area contributed by atoms with Gasteiger partial charge in [0.1, 0.15) is 17.5 Å². The van der Waals surface area contributed by atoms with Gasteiger partial charge >= 0.3 is 22.3 Å². The van der Waals surface area contributed by atoms with Crippen molar-refractivity contribution in [2.75, 3.05) is 25.4 Å². The molecule has 1 fully saturated rings. The molecule has 0 bridgehead atoms. The smallest absolute Gasteiger partial charge is 0.418 e. The normalized spacial score (nSPS) is 20.3. The van der Waals surface area contributed by atoms with Gasteiger partial charge in [0, 0.05) is 17.4 Å². The Morgan fingerprint density at radius 1 is 1.38 bits per heavy atom. The lowest BCUT2D eigenvalue weighted by molar-refractivity contribution is -0.447. The summed E-state index contributed by atoms with van der Waals surface area (Å²) in [7, 11) is -5.03. The average Bonchev–Trinajstić information content (AvgIpc) is 3.54. The van der Waals surface area contributed by atoms with E-state index in [1.54, 1.807) is 6.07 Å². The first-order valence-corrected chi connectivity index (χ1v) is 18.1. The molecule has 0 radical (unpaired) electrons. The maximum Gasteiger partial charge on any atom is 0.418 e. The third-order valence-corrected chi connectivity index (χ3v) is 9.38. The number of β-lactam (4-membered cyclic amide) rings is 1. The van der Waals surface area contributed by atoms with Crippen molar-refractivity contribution in [3.8, 4) is 5.75 Å². The summed E-state index contributed by atoms with van der Waals surface area (Å²) >= 11 is 0.970. The molecule has 0 spiro atoms. The first-order valence-electron chi connectivity index (χ1n) is 15.8. The number of oxime groups is 1. The fourth-order valence-corrected chi connectivity index (χ4v) is 6.43. The lowest BCUT2D eigenvalue weighted by Gasteiger charge is -2.50. The van der Waals surface area contributed by atoms with E-state index >= 15 is 0 Å². The van der Waals surface area contributed by atoms with Crippen LogP contribution in [0.5, 0.6) is 5.75 Å². The van der Waals surface area contributed by atoms with Crippen LogP contribution in [0.25, 0.3) is 5.57 Å². The molecule has 0 saturated carbocycles. The Labute approximate surface area is 307 Å². The highest BCUT2D eigenvalue weighted by atomic mass is 32.3. The second-order valence-electron chi connectivity index (χ2n) is 12.4. The number of carboxylic acids is 1. The predicted octanol–water partition coefficient (Wildman–Crippen LogP) is -3.79. The Morgan fingerprint density at radius 2 is 2.09 bits per heavy atom. The minimum absolute atomic E-state index is 0.0640. The highest BCUT2D eigenvalue weighted by molar-refractivity contribution is 7.80. The maximum atomic E-state index is 13.5. The van der Waals surface area contributed by atoms with Gasteiger partial charge in [0.15, 0.2) is 16.9 Å². The number of aromatic nitrogens is 1. The zero-order valence-electron chi connectivity index (χ0n) is 28.7. The zero-order chi connectivity index (χ0) is 39.1. The van der Waals surface area contributed by atoms with Crippen molar-refractivity contribution in [1.29, 1.82) is 0 Å². The molecule has 288 valence electrons. The van der Waals surface area contributed by atoms with Crippen LogP contribution in [0.1, 0.15) is 50.4 Å². The van der Waals surface area contributed by atoms with Gasteiger partial charge in [-0.05, 0) is 69.8 Å². The standard InChI is InChI=1S/C29H37N9O10S2.CH2O2/c1-28(2)22(24(40)38(28)48-50(43,44)45)36-23(39)21(18-14-49-26(31)35-18)37-47-29(3,25(41)42)20-8-6-16-11-15(5-7-19(16)46-20)17-12-33-27(34-13-17)32-10-4-9-30;2-1-3/h5,7,11-12,14,20,22H,4,6,8-10,13,30H2,1-3H3,(H2,31,35)(H,36,39)(H,41,42)(H2,32,33,34)(H,43,44,45);1H,(H,2,3)/b37-21-;/t20-,22-,29+;/m1./s1. The number of aliphatic carboxylic acids is 1. The summed E-state index contributed by atoms with van der Waals surface area (Å²) in [6.45, 7) is 5.41. The van der Waals surface area contributed by atoms with E-state index in [9.17, 15) is 27.9 Å². The number of carbonyl (C=O) groups is 4. The number of aryl methyl sites for hydroxylation is 1. The number of carboxylic acid groups (broad SMARTS) is 2. The number of anilines is 1. The maximum absolute atomic E-state index is 13.5. The third kappa shape index (κ3) is 9.36. The van der Waals surface area contributed by atoms with Crippen molar-refractivity contribution in [1.82, 2.24) is 26.0 Å². The molecule has 10 N–H and O–H groups in total. The Balaban J connectivity index is 0.00000202. The largest absolute Gasteiger partial charge is 0.554 e. The van der Waals surface area contributed by atoms with E-state index < -0.39 is 63.7 Å². The van der Waals surface area contributed by atoms with E-state index in [1.165, 1.54) is 26.2 Å². The zero-order valence-corrected chi connectivity index (χ0v) is 30.3. The number of hydrogen-bond acceptors (Lipinski definition) is 17. The van der Waals surface area contributed by atoms with Gasteiger partial charge in [0.25, 0.3) is 17.4 Å². The average molecular weight is 782 g/mol. The monoisotopic (exact) mass is 781 g/mol. The Morgan fingerprint density at radius 3 is 2.66 bits per heavy atom. The summed E-state index contributed by atoms with van der Waals surface area (Å²) in [5.74, 6) is -2.17. The summed E-state index contributed by atoms with van der Waals surface area (Å²) in [4.78, 5) is 60.0. The molecule has 0 unspecified atom stereocenters. The van der Waals surface area contributed by atoms with Gasteiger partial charge in [0.05, 0.1) is 24.8 Å². The second kappa shape index (κ2) is 16.5. The van der Waals surface area contributed by atoms with Gasteiger partial charge in [0.2, 0.25) is 0 Å². The quantitative estimate of drug-likeness (QED) is 0.0241. The van der Waals surface area contributed by atoms with E-state index in [0.29, 0.717) is 30.3 Å². The number of fused-ring (bicyclic) bond motifs is 1. The molecule has 5 rings (SSSR count). The predicted molar refractivity (Wildman–Crippen MR) is 185 cm³/mol. The minimum atomic E-state index is -5.03. The Kier molecular flexibility index (Phi) is 12.6. The molecule has 1 aromatic carbocycles. The number of nitrogens with one attached hydrogen (secondary N) is 4.